The summed E-state index contributed by atoms with van der Waals surface area (Å²) in [5, 5.41) is 0. The van der Waals surface area contributed by atoms with E-state index in [9.17, 15) is 22.8 Å². The molecule has 0 bridgehead atoms. The summed E-state index contributed by atoms with van der Waals surface area (Å²) in [7, 11) is 1.46. The summed E-state index contributed by atoms with van der Waals surface area (Å²) in [6.45, 7) is 0.393. The Morgan fingerprint density at radius 1 is 1.23 bits per heavy atom. The fraction of sp³-hybridized carbons (Fsp3) is 0.318. The molecule has 2 heterocycles. The number of nitrogens with zero attached hydrogens (tertiary/aromatic N) is 3. The lowest BCUT2D eigenvalue weighted by molar-refractivity contribution is -0.0919. The maximum atomic E-state index is 13.5. The van der Waals surface area contributed by atoms with E-state index < -0.39 is 29.0 Å². The topological polar surface area (TPSA) is 65.6 Å². The summed E-state index contributed by atoms with van der Waals surface area (Å²) in [5.41, 5.74) is -0.747. The van der Waals surface area contributed by atoms with Gasteiger partial charge in [0.1, 0.15) is 0 Å². The molecule has 0 fully saturated rings. The lowest BCUT2D eigenvalue weighted by Gasteiger charge is -2.25. The van der Waals surface area contributed by atoms with Crippen LogP contribution in [0.25, 0.3) is 12.2 Å². The Morgan fingerprint density at radius 2 is 2.00 bits per heavy atom. The third-order valence-electron chi connectivity index (χ3n) is 5.44. The van der Waals surface area contributed by atoms with Crippen LogP contribution in [0.4, 0.5) is 13.2 Å². The van der Waals surface area contributed by atoms with Crippen LogP contribution in [0.5, 0.6) is 0 Å². The Labute approximate surface area is 175 Å². The van der Waals surface area contributed by atoms with Gasteiger partial charge in [-0.25, -0.2) is 4.79 Å². The number of rotatable bonds is 4. The number of allylic oxidation sites excluding steroid dienone is 2. The highest BCUT2D eigenvalue weighted by molar-refractivity contribution is 5.83. The second-order valence-electron chi connectivity index (χ2n) is 7.31. The van der Waals surface area contributed by atoms with Gasteiger partial charge in [-0.3, -0.25) is 18.9 Å². The van der Waals surface area contributed by atoms with E-state index in [-0.39, 0.29) is 37.4 Å². The number of alkyl halides is 3. The van der Waals surface area contributed by atoms with Crippen LogP contribution in [-0.4, -0.2) is 41.8 Å². The van der Waals surface area contributed by atoms with E-state index in [1.165, 1.54) is 23.8 Å². The van der Waals surface area contributed by atoms with Crippen LogP contribution in [-0.2, 0) is 11.3 Å². The quantitative estimate of drug-likeness (QED) is 0.748. The van der Waals surface area contributed by atoms with Crippen LogP contribution in [0.1, 0.15) is 34.8 Å². The van der Waals surface area contributed by atoms with Gasteiger partial charge in [-0.2, -0.15) is 13.2 Å². The number of benzene rings is 1. The molecule has 0 saturated carbocycles. The van der Waals surface area contributed by atoms with Gasteiger partial charge in [0.2, 0.25) is 0 Å². The molecule has 0 radical (unpaired) electrons. The molecule has 0 saturated heterocycles. The molecule has 1 aliphatic heterocycles. The highest BCUT2D eigenvalue weighted by Gasteiger charge is 2.35. The van der Waals surface area contributed by atoms with Crippen LogP contribution in [0.2, 0.25) is 0 Å². The van der Waals surface area contributed by atoms with Gasteiger partial charge in [0.15, 0.2) is 0 Å². The SMILES string of the molecule is COCCn1c2c(c(=O)n([C@H]3CN=Cc4ccccc43)c1=O)C=C(C(F)(F)F)CC=C2. The number of methoxy groups -OCH3 is 1. The number of hydrogen-bond acceptors (Lipinski definition) is 4. The minimum atomic E-state index is -4.58. The van der Waals surface area contributed by atoms with Crippen molar-refractivity contribution >= 4 is 18.4 Å². The molecule has 9 heteroatoms. The Morgan fingerprint density at radius 3 is 2.74 bits per heavy atom. The average Bonchev–Trinajstić information content (AvgIpc) is 2.97. The molecule has 4 rings (SSSR count). The van der Waals surface area contributed by atoms with Gasteiger partial charge < -0.3 is 4.74 Å². The highest BCUT2D eigenvalue weighted by Crippen LogP contribution is 2.32. The van der Waals surface area contributed by atoms with Crippen molar-refractivity contribution in [3.8, 4) is 0 Å². The first-order chi connectivity index (χ1) is 14.8. The molecule has 2 aromatic rings. The van der Waals surface area contributed by atoms with Crippen molar-refractivity contribution in [3.63, 3.8) is 0 Å². The summed E-state index contributed by atoms with van der Waals surface area (Å²) in [4.78, 5) is 31.1. The molecule has 0 spiro atoms. The first kappa shape index (κ1) is 21.0. The van der Waals surface area contributed by atoms with Gasteiger partial charge in [-0.1, -0.05) is 30.3 Å². The van der Waals surface area contributed by atoms with E-state index in [2.05, 4.69) is 4.99 Å². The van der Waals surface area contributed by atoms with Crippen LogP contribution < -0.4 is 11.2 Å². The molecular weight excluding hydrogens is 411 g/mol. The normalized spacial score (nSPS) is 17.7. The zero-order valence-electron chi connectivity index (χ0n) is 16.7. The lowest BCUT2D eigenvalue weighted by atomic mass is 9.98. The largest absolute Gasteiger partial charge is 0.413 e. The van der Waals surface area contributed by atoms with Crippen molar-refractivity contribution < 1.29 is 17.9 Å². The molecule has 0 unspecified atom stereocenters. The van der Waals surface area contributed by atoms with Crippen molar-refractivity contribution in [1.82, 2.24) is 9.13 Å². The van der Waals surface area contributed by atoms with E-state index in [4.69, 9.17) is 4.74 Å². The standard InChI is InChI=1S/C22H20F3N3O3/c1-31-10-9-27-18-8-4-6-15(22(23,24)25)11-17(18)20(29)28(21(27)30)19-13-26-12-14-5-2-3-7-16(14)19/h2-5,7-8,11-12,19H,6,9-10,13H2,1H3/t19-/m0/s1. The minimum absolute atomic E-state index is 0.0924. The monoisotopic (exact) mass is 431 g/mol. The van der Waals surface area contributed by atoms with Gasteiger partial charge in [0.25, 0.3) is 5.56 Å². The Balaban J connectivity index is 2.01. The lowest BCUT2D eigenvalue weighted by Crippen LogP contribution is -2.46. The van der Waals surface area contributed by atoms with Crippen molar-refractivity contribution in [2.45, 2.75) is 25.2 Å². The summed E-state index contributed by atoms with van der Waals surface area (Å²) in [6.07, 6.45) is 0.270. The number of fused-ring (bicyclic) bond motifs is 2. The Bertz CT molecular complexity index is 1220. The summed E-state index contributed by atoms with van der Waals surface area (Å²) in [6, 6.07) is 6.49. The fourth-order valence-electron chi connectivity index (χ4n) is 3.92. The summed E-state index contributed by atoms with van der Waals surface area (Å²) >= 11 is 0. The molecule has 162 valence electrons. The minimum Gasteiger partial charge on any atom is -0.383 e. The van der Waals surface area contributed by atoms with E-state index in [1.54, 1.807) is 18.3 Å². The number of hydrogen-bond donors (Lipinski definition) is 0. The van der Waals surface area contributed by atoms with Crippen molar-refractivity contribution in [1.29, 1.82) is 0 Å². The van der Waals surface area contributed by atoms with Gasteiger partial charge in [-0.15, -0.1) is 0 Å². The van der Waals surface area contributed by atoms with E-state index >= 15 is 0 Å². The molecule has 1 aliphatic carbocycles. The number of ether oxygens (including phenoxy) is 1. The summed E-state index contributed by atoms with van der Waals surface area (Å²) < 4.78 is 47.8. The molecule has 1 atom stereocenters. The van der Waals surface area contributed by atoms with Crippen molar-refractivity contribution in [2.24, 2.45) is 4.99 Å². The van der Waals surface area contributed by atoms with Crippen LogP contribution in [0, 0.1) is 0 Å². The first-order valence-corrected chi connectivity index (χ1v) is 9.74. The molecule has 2 aliphatic rings. The molecule has 0 N–H and O–H groups in total. The van der Waals surface area contributed by atoms with E-state index in [0.717, 1.165) is 21.8 Å². The van der Waals surface area contributed by atoms with Crippen LogP contribution in [0.15, 0.2) is 50.5 Å². The smallest absolute Gasteiger partial charge is 0.383 e. The third-order valence-corrected chi connectivity index (χ3v) is 5.44. The van der Waals surface area contributed by atoms with Crippen LogP contribution in [0.3, 0.4) is 0 Å². The molecule has 6 nitrogen and oxygen atoms in total. The predicted molar refractivity (Wildman–Crippen MR) is 112 cm³/mol. The van der Waals surface area contributed by atoms with Crippen LogP contribution >= 0.6 is 0 Å². The van der Waals surface area contributed by atoms with Crippen molar-refractivity contribution in [3.05, 3.63) is 79.1 Å². The number of aromatic nitrogens is 2. The highest BCUT2D eigenvalue weighted by atomic mass is 19.4. The maximum Gasteiger partial charge on any atom is 0.413 e. The molecule has 31 heavy (non-hydrogen) atoms. The van der Waals surface area contributed by atoms with Gasteiger partial charge in [0, 0.05) is 18.9 Å². The first-order valence-electron chi connectivity index (χ1n) is 9.74. The van der Waals surface area contributed by atoms with Gasteiger partial charge in [0.05, 0.1) is 37.0 Å². The molecule has 1 aromatic carbocycles. The molecule has 1 aromatic heterocycles. The maximum absolute atomic E-state index is 13.5. The Kier molecular flexibility index (Phi) is 5.53. The zero-order chi connectivity index (χ0) is 22.2. The predicted octanol–water partition coefficient (Wildman–Crippen LogP) is 3.04. The fourth-order valence-corrected chi connectivity index (χ4v) is 3.92. The zero-order valence-corrected chi connectivity index (χ0v) is 16.7. The van der Waals surface area contributed by atoms with E-state index in [0.29, 0.717) is 0 Å². The van der Waals surface area contributed by atoms with Gasteiger partial charge >= 0.3 is 11.9 Å². The van der Waals surface area contributed by atoms with Gasteiger partial charge in [-0.05, 0) is 29.7 Å². The van der Waals surface area contributed by atoms with Crippen molar-refractivity contribution in [2.75, 3.05) is 20.3 Å². The third kappa shape index (κ3) is 3.81. The number of aliphatic imine (C=N–C) groups is 1. The summed E-state index contributed by atoms with van der Waals surface area (Å²) in [5.74, 6) is 0. The second-order valence-corrected chi connectivity index (χ2v) is 7.31. The average molecular weight is 431 g/mol. The molecular formula is C22H20F3N3O3. The number of halogens is 3. The second kappa shape index (κ2) is 8.14. The Hall–Kier alpha value is -3.20. The van der Waals surface area contributed by atoms with E-state index in [1.807, 2.05) is 12.1 Å². The molecule has 0 amide bonds.